The van der Waals surface area contributed by atoms with Gasteiger partial charge >= 0.3 is 5.97 Å². The van der Waals surface area contributed by atoms with Crippen LogP contribution in [0.1, 0.15) is 40.5 Å². The SMILES string of the molecule is CC1=C[C@@H](O)[C@H]2C(C)(C)CC[C@@H]3OC(=O)[C@H]1[C@@]32C. The van der Waals surface area contributed by atoms with E-state index in [1.807, 2.05) is 13.0 Å². The van der Waals surface area contributed by atoms with E-state index in [0.717, 1.165) is 18.4 Å². The van der Waals surface area contributed by atoms with Crippen LogP contribution in [-0.2, 0) is 9.53 Å². The van der Waals surface area contributed by atoms with Gasteiger partial charge in [-0.25, -0.2) is 0 Å². The van der Waals surface area contributed by atoms with Crippen molar-refractivity contribution in [2.45, 2.75) is 52.7 Å². The Hall–Kier alpha value is -0.830. The summed E-state index contributed by atoms with van der Waals surface area (Å²) < 4.78 is 5.60. The number of aliphatic hydroxyl groups is 1. The molecule has 0 aromatic heterocycles. The Morgan fingerprint density at radius 3 is 2.72 bits per heavy atom. The fourth-order valence-corrected chi connectivity index (χ4v) is 4.99. The predicted molar refractivity (Wildman–Crippen MR) is 67.7 cm³/mol. The lowest BCUT2D eigenvalue weighted by molar-refractivity contribution is -0.146. The first-order chi connectivity index (χ1) is 8.28. The average Bonchev–Trinajstić information content (AvgIpc) is 2.46. The highest BCUT2D eigenvalue weighted by Crippen LogP contribution is 2.63. The average molecular weight is 250 g/mol. The summed E-state index contributed by atoms with van der Waals surface area (Å²) in [4.78, 5) is 12.1. The van der Waals surface area contributed by atoms with Crippen LogP contribution in [0.5, 0.6) is 0 Å². The van der Waals surface area contributed by atoms with E-state index < -0.39 is 6.10 Å². The Bertz CT molecular complexity index is 437. The molecular formula is C15H22O3. The van der Waals surface area contributed by atoms with Crippen LogP contribution < -0.4 is 0 Å². The minimum Gasteiger partial charge on any atom is -0.461 e. The van der Waals surface area contributed by atoms with E-state index in [-0.39, 0.29) is 34.7 Å². The van der Waals surface area contributed by atoms with Gasteiger partial charge in [-0.2, -0.15) is 0 Å². The molecule has 1 N–H and O–H groups in total. The van der Waals surface area contributed by atoms with E-state index in [1.165, 1.54) is 0 Å². The van der Waals surface area contributed by atoms with Gasteiger partial charge < -0.3 is 9.84 Å². The van der Waals surface area contributed by atoms with Gasteiger partial charge in [0.2, 0.25) is 0 Å². The highest BCUT2D eigenvalue weighted by atomic mass is 16.6. The zero-order chi connectivity index (χ0) is 13.3. The van der Waals surface area contributed by atoms with Crippen LogP contribution in [0.3, 0.4) is 0 Å². The van der Waals surface area contributed by atoms with Gasteiger partial charge in [-0.05, 0) is 25.2 Å². The largest absolute Gasteiger partial charge is 0.461 e. The molecule has 3 aliphatic rings. The summed E-state index contributed by atoms with van der Waals surface area (Å²) in [6, 6.07) is 0. The Kier molecular flexibility index (Phi) is 2.30. The smallest absolute Gasteiger partial charge is 0.314 e. The summed E-state index contributed by atoms with van der Waals surface area (Å²) in [5.41, 5.74) is 0.789. The molecule has 0 aromatic carbocycles. The topological polar surface area (TPSA) is 46.5 Å². The number of carbonyl (C=O) groups is 1. The van der Waals surface area contributed by atoms with Crippen molar-refractivity contribution in [3.63, 3.8) is 0 Å². The normalized spacial score (nSPS) is 49.4. The van der Waals surface area contributed by atoms with Crippen LogP contribution in [0.15, 0.2) is 11.6 Å². The van der Waals surface area contributed by atoms with E-state index in [4.69, 9.17) is 4.74 Å². The first-order valence-corrected chi connectivity index (χ1v) is 6.85. The van der Waals surface area contributed by atoms with Crippen molar-refractivity contribution in [1.82, 2.24) is 0 Å². The molecule has 0 unspecified atom stereocenters. The fourth-order valence-electron chi connectivity index (χ4n) is 4.99. The third-order valence-corrected chi connectivity index (χ3v) is 5.60. The zero-order valence-corrected chi connectivity index (χ0v) is 11.6. The number of carbonyl (C=O) groups excluding carboxylic acids is 1. The van der Waals surface area contributed by atoms with Gasteiger partial charge in [-0.1, -0.05) is 32.4 Å². The maximum atomic E-state index is 12.1. The first-order valence-electron chi connectivity index (χ1n) is 6.85. The van der Waals surface area contributed by atoms with Crippen molar-refractivity contribution in [1.29, 1.82) is 0 Å². The van der Waals surface area contributed by atoms with Crippen LogP contribution >= 0.6 is 0 Å². The van der Waals surface area contributed by atoms with Crippen LogP contribution in [0.25, 0.3) is 0 Å². The molecule has 2 aliphatic carbocycles. The maximum Gasteiger partial charge on any atom is 0.314 e. The Labute approximate surface area is 108 Å². The molecule has 1 heterocycles. The molecular weight excluding hydrogens is 228 g/mol. The lowest BCUT2D eigenvalue weighted by Crippen LogP contribution is -2.57. The van der Waals surface area contributed by atoms with Crippen LogP contribution in [-0.4, -0.2) is 23.3 Å². The molecule has 1 saturated heterocycles. The number of rotatable bonds is 0. The van der Waals surface area contributed by atoms with Gasteiger partial charge in [-0.3, -0.25) is 4.79 Å². The van der Waals surface area contributed by atoms with Crippen LogP contribution in [0.2, 0.25) is 0 Å². The van der Waals surface area contributed by atoms with Crippen molar-refractivity contribution < 1.29 is 14.6 Å². The number of ether oxygens (including phenoxy) is 1. The second-order valence-electron chi connectivity index (χ2n) is 7.13. The molecule has 3 heteroatoms. The predicted octanol–water partition coefficient (Wildman–Crippen LogP) is 2.29. The van der Waals surface area contributed by atoms with Gasteiger partial charge in [0.1, 0.15) is 6.10 Å². The van der Waals surface area contributed by atoms with E-state index in [9.17, 15) is 9.90 Å². The molecule has 0 amide bonds. The number of aliphatic hydroxyl groups excluding tert-OH is 1. The molecule has 3 rings (SSSR count). The van der Waals surface area contributed by atoms with Gasteiger partial charge in [0, 0.05) is 11.3 Å². The lowest BCUT2D eigenvalue weighted by atomic mass is 9.48. The molecule has 0 spiro atoms. The molecule has 3 nitrogen and oxygen atoms in total. The Morgan fingerprint density at radius 2 is 2.06 bits per heavy atom. The molecule has 2 fully saturated rings. The van der Waals surface area contributed by atoms with Crippen molar-refractivity contribution in [2.24, 2.45) is 22.7 Å². The second kappa shape index (κ2) is 3.38. The summed E-state index contributed by atoms with van der Waals surface area (Å²) in [5, 5.41) is 10.5. The highest BCUT2D eigenvalue weighted by Gasteiger charge is 2.66. The van der Waals surface area contributed by atoms with Crippen molar-refractivity contribution in [2.75, 3.05) is 0 Å². The first kappa shape index (κ1) is 12.2. The summed E-state index contributed by atoms with van der Waals surface area (Å²) >= 11 is 0. The molecule has 100 valence electrons. The third-order valence-electron chi connectivity index (χ3n) is 5.60. The third kappa shape index (κ3) is 1.26. The van der Waals surface area contributed by atoms with Gasteiger partial charge in [0.15, 0.2) is 0 Å². The van der Waals surface area contributed by atoms with Gasteiger partial charge in [0.25, 0.3) is 0 Å². The number of hydrogen-bond acceptors (Lipinski definition) is 3. The van der Waals surface area contributed by atoms with E-state index in [1.54, 1.807) is 0 Å². The number of hydrogen-bond donors (Lipinski definition) is 1. The maximum absolute atomic E-state index is 12.1. The van der Waals surface area contributed by atoms with Gasteiger partial charge in [-0.15, -0.1) is 0 Å². The lowest BCUT2D eigenvalue weighted by Gasteiger charge is -2.55. The molecule has 0 bridgehead atoms. The quantitative estimate of drug-likeness (QED) is 0.530. The summed E-state index contributed by atoms with van der Waals surface area (Å²) in [5.74, 6) is -0.148. The summed E-state index contributed by atoms with van der Waals surface area (Å²) in [7, 11) is 0. The Morgan fingerprint density at radius 1 is 1.39 bits per heavy atom. The number of esters is 1. The van der Waals surface area contributed by atoms with E-state index >= 15 is 0 Å². The molecule has 1 saturated carbocycles. The van der Waals surface area contributed by atoms with E-state index in [0.29, 0.717) is 0 Å². The molecule has 0 aromatic rings. The summed E-state index contributed by atoms with van der Waals surface area (Å²) in [6.45, 7) is 8.49. The molecule has 0 radical (unpaired) electrons. The van der Waals surface area contributed by atoms with Crippen LogP contribution in [0.4, 0.5) is 0 Å². The van der Waals surface area contributed by atoms with Crippen LogP contribution in [0, 0.1) is 22.7 Å². The highest BCUT2D eigenvalue weighted by molar-refractivity contribution is 5.80. The zero-order valence-electron chi connectivity index (χ0n) is 11.6. The minimum atomic E-state index is -0.460. The minimum absolute atomic E-state index is 0.0219. The molecule has 18 heavy (non-hydrogen) atoms. The van der Waals surface area contributed by atoms with Crippen molar-refractivity contribution in [3.05, 3.63) is 11.6 Å². The van der Waals surface area contributed by atoms with Gasteiger partial charge in [0.05, 0.1) is 12.0 Å². The fraction of sp³-hybridized carbons (Fsp3) is 0.800. The molecule has 1 aliphatic heterocycles. The van der Waals surface area contributed by atoms with Crippen molar-refractivity contribution in [3.8, 4) is 0 Å². The monoisotopic (exact) mass is 250 g/mol. The standard InChI is InChI=1S/C15H22O3/c1-8-7-9(16)12-14(2,3)6-5-10-15(12,4)11(8)13(17)18-10/h7,9-12,16H,5-6H2,1-4H3/t9-,10+,11+,12+,15-/m1/s1. The molecule has 5 atom stereocenters. The van der Waals surface area contributed by atoms with E-state index in [2.05, 4.69) is 20.8 Å². The summed E-state index contributed by atoms with van der Waals surface area (Å²) in [6.07, 6.45) is 3.31. The van der Waals surface area contributed by atoms with Crippen molar-refractivity contribution >= 4 is 5.97 Å². The Balaban J connectivity index is 2.18. The second-order valence-corrected chi connectivity index (χ2v) is 7.13.